The SMILES string of the molecule is Cc1cc(C(=O)N2CCC[C@@H](c3ncc4c(n3)CCN(C)C4)C2)cs1. The molecule has 4 rings (SSSR count). The Kier molecular flexibility index (Phi) is 4.56. The van der Waals surface area contributed by atoms with Gasteiger partial charge in [0.25, 0.3) is 5.91 Å². The lowest BCUT2D eigenvalue weighted by Crippen LogP contribution is -2.39. The van der Waals surface area contributed by atoms with E-state index in [1.807, 2.05) is 29.5 Å². The zero-order chi connectivity index (χ0) is 17.4. The molecule has 0 N–H and O–H groups in total. The van der Waals surface area contributed by atoms with Crippen LogP contribution in [-0.4, -0.2) is 52.4 Å². The Morgan fingerprint density at radius 1 is 1.36 bits per heavy atom. The van der Waals surface area contributed by atoms with E-state index in [-0.39, 0.29) is 11.8 Å². The van der Waals surface area contributed by atoms with Gasteiger partial charge in [-0.3, -0.25) is 4.79 Å². The number of likely N-dealkylation sites (tertiary alicyclic amines) is 1. The Bertz CT molecular complexity index is 787. The Labute approximate surface area is 152 Å². The maximum Gasteiger partial charge on any atom is 0.254 e. The number of likely N-dealkylation sites (N-methyl/N-ethyl adjacent to an activating group) is 1. The van der Waals surface area contributed by atoms with Crippen LogP contribution in [0.1, 0.15) is 51.1 Å². The van der Waals surface area contributed by atoms with Crippen LogP contribution in [0.15, 0.2) is 17.6 Å². The molecule has 2 aliphatic rings. The molecule has 2 aliphatic heterocycles. The highest BCUT2D eigenvalue weighted by molar-refractivity contribution is 7.10. The molecule has 0 radical (unpaired) electrons. The summed E-state index contributed by atoms with van der Waals surface area (Å²) in [6, 6.07) is 1.99. The molecule has 0 unspecified atom stereocenters. The third-order valence-corrected chi connectivity index (χ3v) is 6.06. The molecular weight excluding hydrogens is 332 g/mol. The molecule has 0 aliphatic carbocycles. The lowest BCUT2D eigenvalue weighted by molar-refractivity contribution is 0.0705. The molecule has 1 fully saturated rings. The normalized spacial score (nSPS) is 21.2. The molecule has 0 bridgehead atoms. The Morgan fingerprint density at radius 3 is 3.04 bits per heavy atom. The molecule has 1 saturated heterocycles. The predicted molar refractivity (Wildman–Crippen MR) is 99.0 cm³/mol. The van der Waals surface area contributed by atoms with E-state index in [1.165, 1.54) is 16.1 Å². The molecule has 2 aromatic heterocycles. The van der Waals surface area contributed by atoms with Gasteiger partial charge in [-0.05, 0) is 32.9 Å². The van der Waals surface area contributed by atoms with Crippen molar-refractivity contribution in [3.63, 3.8) is 0 Å². The molecule has 1 amide bonds. The number of aromatic nitrogens is 2. The Morgan fingerprint density at radius 2 is 2.24 bits per heavy atom. The summed E-state index contributed by atoms with van der Waals surface area (Å²) in [7, 11) is 2.13. The van der Waals surface area contributed by atoms with Gasteiger partial charge in [0.05, 0.1) is 5.56 Å². The zero-order valence-corrected chi connectivity index (χ0v) is 15.7. The smallest absolute Gasteiger partial charge is 0.254 e. The maximum absolute atomic E-state index is 12.7. The number of rotatable bonds is 2. The van der Waals surface area contributed by atoms with E-state index in [1.54, 1.807) is 11.3 Å². The molecule has 5 nitrogen and oxygen atoms in total. The Hall–Kier alpha value is -1.79. The Balaban J connectivity index is 1.50. The van der Waals surface area contributed by atoms with Gasteiger partial charge >= 0.3 is 0 Å². The number of carbonyl (C=O) groups excluding carboxylic acids is 1. The standard InChI is InChI=1S/C19H24N4OS/c1-13-8-15(12-25-13)19(24)23-6-3-4-14(11-23)18-20-9-16-10-22(2)7-5-17(16)21-18/h8-9,12,14H,3-7,10-11H2,1-2H3/t14-/m1/s1. The van der Waals surface area contributed by atoms with E-state index >= 15 is 0 Å². The van der Waals surface area contributed by atoms with Crippen LogP contribution in [0.2, 0.25) is 0 Å². The van der Waals surface area contributed by atoms with Crippen LogP contribution in [0.4, 0.5) is 0 Å². The lowest BCUT2D eigenvalue weighted by Gasteiger charge is -2.32. The van der Waals surface area contributed by atoms with Crippen molar-refractivity contribution in [1.29, 1.82) is 0 Å². The molecule has 0 spiro atoms. The quantitative estimate of drug-likeness (QED) is 0.830. The first kappa shape index (κ1) is 16.7. The monoisotopic (exact) mass is 356 g/mol. The third-order valence-electron chi connectivity index (χ3n) is 5.19. The van der Waals surface area contributed by atoms with Gasteiger partial charge in [0, 0.05) is 66.2 Å². The molecule has 0 aromatic carbocycles. The number of amides is 1. The first-order valence-corrected chi connectivity index (χ1v) is 9.86. The van der Waals surface area contributed by atoms with Gasteiger partial charge in [0.15, 0.2) is 0 Å². The van der Waals surface area contributed by atoms with Crippen LogP contribution >= 0.6 is 11.3 Å². The van der Waals surface area contributed by atoms with E-state index < -0.39 is 0 Å². The first-order chi connectivity index (χ1) is 12.1. The van der Waals surface area contributed by atoms with E-state index in [4.69, 9.17) is 4.98 Å². The number of fused-ring (bicyclic) bond motifs is 1. The van der Waals surface area contributed by atoms with Crippen molar-refractivity contribution in [3.05, 3.63) is 45.2 Å². The molecule has 25 heavy (non-hydrogen) atoms. The number of carbonyl (C=O) groups is 1. The molecule has 2 aromatic rings. The summed E-state index contributed by atoms with van der Waals surface area (Å²) >= 11 is 1.63. The second kappa shape index (κ2) is 6.84. The molecule has 132 valence electrons. The average molecular weight is 356 g/mol. The van der Waals surface area contributed by atoms with Crippen LogP contribution in [0.5, 0.6) is 0 Å². The van der Waals surface area contributed by atoms with Crippen molar-refractivity contribution in [1.82, 2.24) is 19.8 Å². The molecule has 6 heteroatoms. The van der Waals surface area contributed by atoms with Gasteiger partial charge in [-0.15, -0.1) is 11.3 Å². The summed E-state index contributed by atoms with van der Waals surface area (Å²) in [5, 5.41) is 1.97. The van der Waals surface area contributed by atoms with Crippen molar-refractivity contribution < 1.29 is 4.79 Å². The molecular formula is C19H24N4OS. The minimum atomic E-state index is 0.147. The summed E-state index contributed by atoms with van der Waals surface area (Å²) in [5.74, 6) is 1.32. The molecule has 0 saturated carbocycles. The van der Waals surface area contributed by atoms with Gasteiger partial charge in [0.2, 0.25) is 0 Å². The van der Waals surface area contributed by atoms with E-state index in [9.17, 15) is 4.79 Å². The van der Waals surface area contributed by atoms with Crippen LogP contribution in [0, 0.1) is 6.92 Å². The fourth-order valence-electron chi connectivity index (χ4n) is 3.78. The number of hydrogen-bond acceptors (Lipinski definition) is 5. The second-order valence-electron chi connectivity index (χ2n) is 7.22. The predicted octanol–water partition coefficient (Wildman–Crippen LogP) is 2.85. The van der Waals surface area contributed by atoms with Gasteiger partial charge in [-0.2, -0.15) is 0 Å². The van der Waals surface area contributed by atoms with Gasteiger partial charge in [-0.25, -0.2) is 9.97 Å². The summed E-state index contributed by atoms with van der Waals surface area (Å²) in [5.41, 5.74) is 3.26. The first-order valence-electron chi connectivity index (χ1n) is 8.98. The third kappa shape index (κ3) is 3.46. The summed E-state index contributed by atoms with van der Waals surface area (Å²) in [6.07, 6.45) is 5.06. The minimum absolute atomic E-state index is 0.147. The second-order valence-corrected chi connectivity index (χ2v) is 8.34. The summed E-state index contributed by atoms with van der Waals surface area (Å²) < 4.78 is 0. The van der Waals surface area contributed by atoms with Crippen molar-refractivity contribution in [2.24, 2.45) is 0 Å². The highest BCUT2D eigenvalue weighted by Crippen LogP contribution is 2.27. The molecule has 4 heterocycles. The highest BCUT2D eigenvalue weighted by Gasteiger charge is 2.28. The van der Waals surface area contributed by atoms with Crippen LogP contribution < -0.4 is 0 Å². The van der Waals surface area contributed by atoms with Crippen molar-refractivity contribution >= 4 is 17.2 Å². The number of hydrogen-bond donors (Lipinski definition) is 0. The fourth-order valence-corrected chi connectivity index (χ4v) is 4.46. The zero-order valence-electron chi connectivity index (χ0n) is 14.9. The number of thiophene rings is 1. The van der Waals surface area contributed by atoms with Gasteiger partial charge < -0.3 is 9.80 Å². The van der Waals surface area contributed by atoms with E-state index in [2.05, 4.69) is 16.9 Å². The largest absolute Gasteiger partial charge is 0.338 e. The van der Waals surface area contributed by atoms with Crippen LogP contribution in [0.3, 0.4) is 0 Å². The number of aryl methyl sites for hydroxylation is 1. The van der Waals surface area contributed by atoms with Crippen molar-refractivity contribution in [2.45, 2.75) is 38.6 Å². The lowest BCUT2D eigenvalue weighted by atomic mass is 9.96. The van der Waals surface area contributed by atoms with Crippen molar-refractivity contribution in [3.8, 4) is 0 Å². The summed E-state index contributed by atoms with van der Waals surface area (Å²) in [4.78, 5) is 27.7. The number of nitrogens with zero attached hydrogens (tertiary/aromatic N) is 4. The molecule has 1 atom stereocenters. The summed E-state index contributed by atoms with van der Waals surface area (Å²) in [6.45, 7) is 5.59. The van der Waals surface area contributed by atoms with Crippen LogP contribution in [-0.2, 0) is 13.0 Å². The minimum Gasteiger partial charge on any atom is -0.338 e. The van der Waals surface area contributed by atoms with E-state index in [0.717, 1.165) is 56.8 Å². The van der Waals surface area contributed by atoms with Crippen molar-refractivity contribution in [2.75, 3.05) is 26.7 Å². The highest BCUT2D eigenvalue weighted by atomic mass is 32.1. The van der Waals surface area contributed by atoms with E-state index in [0.29, 0.717) is 0 Å². The number of piperidine rings is 1. The topological polar surface area (TPSA) is 49.3 Å². The maximum atomic E-state index is 12.7. The average Bonchev–Trinajstić information content (AvgIpc) is 3.07. The van der Waals surface area contributed by atoms with Gasteiger partial charge in [-0.1, -0.05) is 0 Å². The van der Waals surface area contributed by atoms with Gasteiger partial charge in [0.1, 0.15) is 5.82 Å². The van der Waals surface area contributed by atoms with Crippen LogP contribution in [0.25, 0.3) is 0 Å². The fraction of sp³-hybridized carbons (Fsp3) is 0.526.